The highest BCUT2D eigenvalue weighted by Crippen LogP contribution is 2.36. The SMILES string of the molecule is COc1nc2cc(C)c(C)c(-c3noc(C)n3)c2nc1OC.COc1nc2cc(C)c(C)c(/C(N)=N\O)c2nc1OC.COc1nc2cc(C)c(C)c(C#N)c2nc1OC.COc1nc2cc(C)c(C)c(C(N)=O)c2nc1OC. The second-order valence-corrected chi connectivity index (χ2v) is 17.3. The highest BCUT2D eigenvalue weighted by Gasteiger charge is 2.23. The first-order valence-corrected chi connectivity index (χ1v) is 23.8. The van der Waals surface area contributed by atoms with Crippen LogP contribution >= 0.6 is 0 Å². The Morgan fingerprint density at radius 3 is 1.18 bits per heavy atom. The lowest BCUT2D eigenvalue weighted by atomic mass is 10.0. The van der Waals surface area contributed by atoms with E-state index < -0.39 is 5.91 Å². The summed E-state index contributed by atoms with van der Waals surface area (Å²) in [4.78, 5) is 50.8. The number of hydrogen-bond acceptors (Lipinski definition) is 23. The maximum atomic E-state index is 11.6. The smallest absolute Gasteiger partial charge is 0.278 e. The largest absolute Gasteiger partial charge is 0.477 e. The predicted molar refractivity (Wildman–Crippen MR) is 292 cm³/mol. The van der Waals surface area contributed by atoms with Gasteiger partial charge in [0, 0.05) is 6.92 Å². The number of amidine groups is 1. The van der Waals surface area contributed by atoms with Gasteiger partial charge in [-0.1, -0.05) is 10.3 Å². The molecule has 79 heavy (non-hydrogen) atoms. The first-order chi connectivity index (χ1) is 37.7. The van der Waals surface area contributed by atoms with Gasteiger partial charge in [0.2, 0.25) is 11.7 Å². The van der Waals surface area contributed by atoms with E-state index in [1.165, 1.54) is 56.9 Å². The summed E-state index contributed by atoms with van der Waals surface area (Å²) in [7, 11) is 12.0. The number of hydrogen-bond donors (Lipinski definition) is 3. The molecule has 5 heterocycles. The first-order valence-electron chi connectivity index (χ1n) is 23.8. The molecule has 4 aromatic carbocycles. The molecule has 25 nitrogen and oxygen atoms in total. The Morgan fingerprint density at radius 2 is 0.810 bits per heavy atom. The lowest BCUT2D eigenvalue weighted by molar-refractivity contribution is 0.100. The molecule has 0 bridgehead atoms. The molecule has 0 aliphatic carbocycles. The van der Waals surface area contributed by atoms with Crippen molar-refractivity contribution in [2.75, 3.05) is 56.9 Å². The second kappa shape index (κ2) is 24.8. The Hall–Kier alpha value is -9.99. The zero-order valence-electron chi connectivity index (χ0n) is 46.9. The molecule has 0 atom stereocenters. The number of primary amides is 1. The van der Waals surface area contributed by atoms with Crippen LogP contribution in [0.3, 0.4) is 0 Å². The molecule has 0 aliphatic heterocycles. The van der Waals surface area contributed by atoms with Crippen LogP contribution in [0.2, 0.25) is 0 Å². The maximum Gasteiger partial charge on any atom is 0.278 e. The maximum absolute atomic E-state index is 11.6. The Kier molecular flexibility index (Phi) is 18.3. The molecule has 0 radical (unpaired) electrons. The number of nitrogens with zero attached hydrogens (tertiary/aromatic N) is 12. The molecule has 5 N–H and O–H groups in total. The van der Waals surface area contributed by atoms with Gasteiger partial charge in [-0.3, -0.25) is 4.79 Å². The summed E-state index contributed by atoms with van der Waals surface area (Å²) in [5.74, 6) is 2.72. The monoisotopic (exact) mass is 1080 g/mol. The van der Waals surface area contributed by atoms with Crippen molar-refractivity contribution in [3.05, 3.63) is 91.4 Å². The van der Waals surface area contributed by atoms with E-state index in [9.17, 15) is 10.1 Å². The number of nitriles is 1. The highest BCUT2D eigenvalue weighted by atomic mass is 16.5. The standard InChI is InChI=1S/C15H16N4O3.C13H16N4O3.C13H15N3O3.C13H13N3O2/c1-7-6-10-12(18-15(21-5)14(17-10)20-4)11(8(7)2)13-16-9(3)22-19-13;1-6-5-8-10(9(7(6)2)11(14)17-18)16-13(20-4)12(15-8)19-3;1-6-5-8-10(9(7(6)2)11(14)17)16-13(19-4)12(15-8)18-3;1-7-5-10-11(9(6-14)8(7)2)16-13(18-4)12(15-10)17-3/h6H,1-5H3;5,18H,1-4H3,(H2,14,17);5H,1-4H3,(H2,14,17);5H,1-4H3. The summed E-state index contributed by atoms with van der Waals surface area (Å²) in [6, 6.07) is 9.72. The van der Waals surface area contributed by atoms with Gasteiger partial charge in [0.1, 0.15) is 28.1 Å². The Labute approximate surface area is 453 Å². The van der Waals surface area contributed by atoms with Gasteiger partial charge in [-0.25, -0.2) is 39.9 Å². The van der Waals surface area contributed by atoms with Crippen molar-refractivity contribution in [2.24, 2.45) is 16.6 Å². The molecule has 9 aromatic rings. The quantitative estimate of drug-likeness (QED) is 0.0489. The summed E-state index contributed by atoms with van der Waals surface area (Å²) in [6.07, 6.45) is 0. The highest BCUT2D eigenvalue weighted by molar-refractivity contribution is 6.09. The fourth-order valence-corrected chi connectivity index (χ4v) is 8.10. The summed E-state index contributed by atoms with van der Waals surface area (Å²) >= 11 is 0. The van der Waals surface area contributed by atoms with Crippen LogP contribution in [0.1, 0.15) is 71.9 Å². The molecule has 25 heteroatoms. The van der Waals surface area contributed by atoms with Crippen molar-refractivity contribution >= 4 is 55.9 Å². The van der Waals surface area contributed by atoms with Gasteiger partial charge in [-0.2, -0.15) is 10.2 Å². The minimum Gasteiger partial charge on any atom is -0.477 e. The summed E-state index contributed by atoms with van der Waals surface area (Å²) in [6.45, 7) is 17.1. The van der Waals surface area contributed by atoms with E-state index in [-0.39, 0.29) is 35.2 Å². The van der Waals surface area contributed by atoms with Crippen LogP contribution in [-0.2, 0) is 0 Å². The lowest BCUT2D eigenvalue weighted by Gasteiger charge is -2.13. The zero-order valence-corrected chi connectivity index (χ0v) is 46.9. The Balaban J connectivity index is 0.000000171. The molecule has 9 rings (SSSR count). The molecule has 0 unspecified atom stereocenters. The van der Waals surface area contributed by atoms with Crippen LogP contribution in [0.15, 0.2) is 33.9 Å². The Bertz CT molecular complexity index is 3880. The average molecular weight is 1080 g/mol. The number of benzene rings is 4. The Morgan fingerprint density at radius 1 is 0.481 bits per heavy atom. The summed E-state index contributed by atoms with van der Waals surface area (Å²) in [5, 5.41) is 25.3. The third-order valence-corrected chi connectivity index (χ3v) is 12.7. The van der Waals surface area contributed by atoms with Crippen LogP contribution in [0.25, 0.3) is 55.5 Å². The lowest BCUT2D eigenvalue weighted by Crippen LogP contribution is -2.17. The number of carbonyl (C=O) groups excluding carboxylic acids is 1. The molecule has 0 spiro atoms. The third-order valence-electron chi connectivity index (χ3n) is 12.7. The van der Waals surface area contributed by atoms with E-state index in [0.29, 0.717) is 90.2 Å². The fraction of sp³-hybridized carbons (Fsp3) is 0.315. The van der Waals surface area contributed by atoms with Gasteiger partial charge in [-0.15, -0.1) is 0 Å². The minimum absolute atomic E-state index is 0.0160. The topological polar surface area (TPSA) is 341 Å². The van der Waals surface area contributed by atoms with E-state index in [2.05, 4.69) is 61.2 Å². The summed E-state index contributed by atoms with van der Waals surface area (Å²) < 4.78 is 46.2. The molecule has 5 aromatic heterocycles. The molecular weight excluding hydrogens is 1020 g/mol. The number of rotatable bonds is 11. The van der Waals surface area contributed by atoms with Crippen molar-refractivity contribution < 1.29 is 52.4 Å². The van der Waals surface area contributed by atoms with Crippen molar-refractivity contribution in [2.45, 2.75) is 62.3 Å². The third kappa shape index (κ3) is 11.7. The number of aromatic nitrogens is 10. The molecule has 0 saturated carbocycles. The number of nitrogens with two attached hydrogens (primary N) is 2. The van der Waals surface area contributed by atoms with Crippen molar-refractivity contribution in [1.29, 1.82) is 5.26 Å². The number of ether oxygens (including phenoxy) is 8. The van der Waals surface area contributed by atoms with Gasteiger partial charge in [0.05, 0.1) is 101 Å². The van der Waals surface area contributed by atoms with Crippen molar-refractivity contribution in [3.63, 3.8) is 0 Å². The molecule has 0 saturated heterocycles. The van der Waals surface area contributed by atoms with Gasteiger partial charge >= 0.3 is 0 Å². The zero-order chi connectivity index (χ0) is 58.2. The van der Waals surface area contributed by atoms with Gasteiger partial charge in [0.25, 0.3) is 52.9 Å². The number of aryl methyl sites for hydroxylation is 5. The predicted octanol–water partition coefficient (Wildman–Crippen LogP) is 7.48. The average Bonchev–Trinajstić information content (AvgIpc) is 3.97. The van der Waals surface area contributed by atoms with E-state index in [4.69, 9.17) is 59.1 Å². The van der Waals surface area contributed by atoms with E-state index in [0.717, 1.165) is 50.1 Å². The number of amides is 1. The van der Waals surface area contributed by atoms with E-state index in [1.807, 2.05) is 79.7 Å². The van der Waals surface area contributed by atoms with Crippen molar-refractivity contribution in [1.82, 2.24) is 50.0 Å². The number of carbonyl (C=O) groups is 1. The van der Waals surface area contributed by atoms with Crippen molar-refractivity contribution in [3.8, 4) is 64.5 Å². The van der Waals surface area contributed by atoms with E-state index in [1.54, 1.807) is 6.92 Å². The molecule has 412 valence electrons. The number of oxime groups is 1. The van der Waals surface area contributed by atoms with Gasteiger partial charge in [0.15, 0.2) is 5.84 Å². The van der Waals surface area contributed by atoms with Crippen LogP contribution in [0, 0.1) is 73.6 Å². The number of methoxy groups -OCH3 is 8. The van der Waals surface area contributed by atoms with Crippen LogP contribution in [-0.4, -0.2) is 124 Å². The molecule has 0 fully saturated rings. The normalized spacial score (nSPS) is 10.9. The second-order valence-electron chi connectivity index (χ2n) is 17.3. The van der Waals surface area contributed by atoms with Crippen LogP contribution in [0.4, 0.5) is 0 Å². The van der Waals surface area contributed by atoms with E-state index >= 15 is 0 Å². The van der Waals surface area contributed by atoms with Gasteiger partial charge in [-0.05, 0) is 124 Å². The first kappa shape index (κ1) is 58.3. The fourth-order valence-electron chi connectivity index (χ4n) is 8.10. The minimum atomic E-state index is -0.535. The van der Waals surface area contributed by atoms with Crippen LogP contribution in [0.5, 0.6) is 47.0 Å². The molecular formula is C54H60N14O11. The van der Waals surface area contributed by atoms with Crippen LogP contribution < -0.4 is 49.4 Å². The molecule has 0 aliphatic rings. The summed E-state index contributed by atoms with van der Waals surface area (Å²) in [5.41, 5.74) is 25.5. The van der Waals surface area contributed by atoms with Gasteiger partial charge < -0.3 is 59.1 Å². The number of fused-ring (bicyclic) bond motifs is 4. The molecule has 1 amide bonds.